The zero-order chi connectivity index (χ0) is 17.6. The summed E-state index contributed by atoms with van der Waals surface area (Å²) in [4.78, 5) is 18.0. The number of aryl methyl sites for hydroxylation is 1. The SMILES string of the molecule is Cc1nc(CN2C(=O)c3ccccc3S2(=O)=O)sc1-c1ccccc1. The number of carbonyl (C=O) groups excluding carboxylic acids is 1. The number of aromatic nitrogens is 1. The summed E-state index contributed by atoms with van der Waals surface area (Å²) in [6.45, 7) is 1.84. The molecule has 0 radical (unpaired) electrons. The van der Waals surface area contributed by atoms with Crippen LogP contribution in [-0.4, -0.2) is 23.6 Å². The maximum Gasteiger partial charge on any atom is 0.269 e. The molecule has 0 spiro atoms. The summed E-state index contributed by atoms with van der Waals surface area (Å²) in [5, 5.41) is 0.598. The highest BCUT2D eigenvalue weighted by Crippen LogP contribution is 2.34. The predicted octanol–water partition coefficient (Wildman–Crippen LogP) is 3.46. The summed E-state index contributed by atoms with van der Waals surface area (Å²) < 4.78 is 26.2. The van der Waals surface area contributed by atoms with Gasteiger partial charge in [-0.2, -0.15) is 0 Å². The molecule has 0 saturated heterocycles. The minimum Gasteiger partial charge on any atom is -0.268 e. The molecule has 5 nitrogen and oxygen atoms in total. The standard InChI is InChI=1S/C18H14N2O3S2/c1-12-17(13-7-3-2-4-8-13)24-16(19-12)11-20-18(21)14-9-5-6-10-15(14)25(20,22)23/h2-10H,11H2,1H3. The molecule has 0 bridgehead atoms. The van der Waals surface area contributed by atoms with Gasteiger partial charge in [0.25, 0.3) is 15.9 Å². The molecular weight excluding hydrogens is 356 g/mol. The van der Waals surface area contributed by atoms with Crippen LogP contribution < -0.4 is 0 Å². The van der Waals surface area contributed by atoms with Gasteiger partial charge in [0.15, 0.2) is 0 Å². The number of hydrogen-bond acceptors (Lipinski definition) is 5. The van der Waals surface area contributed by atoms with Crippen molar-refractivity contribution in [1.82, 2.24) is 9.29 Å². The second kappa shape index (κ2) is 5.79. The van der Waals surface area contributed by atoms with Crippen molar-refractivity contribution < 1.29 is 13.2 Å². The smallest absolute Gasteiger partial charge is 0.268 e. The summed E-state index contributed by atoms with van der Waals surface area (Å²) in [5.74, 6) is -0.496. The van der Waals surface area contributed by atoms with Gasteiger partial charge in [-0.05, 0) is 24.6 Å². The van der Waals surface area contributed by atoms with Gasteiger partial charge in [0.1, 0.15) is 9.90 Å². The minimum atomic E-state index is -3.81. The molecule has 0 saturated carbocycles. The lowest BCUT2D eigenvalue weighted by atomic mass is 10.2. The van der Waals surface area contributed by atoms with E-state index in [4.69, 9.17) is 0 Å². The summed E-state index contributed by atoms with van der Waals surface area (Å²) in [5.41, 5.74) is 2.08. The number of nitrogens with zero attached hydrogens (tertiary/aromatic N) is 2. The van der Waals surface area contributed by atoms with Gasteiger partial charge in [-0.25, -0.2) is 17.7 Å². The van der Waals surface area contributed by atoms with Crippen molar-refractivity contribution in [3.63, 3.8) is 0 Å². The molecule has 1 aliphatic rings. The molecular formula is C18H14N2O3S2. The Kier molecular flexibility index (Phi) is 3.70. The number of benzene rings is 2. The maximum atomic E-state index is 12.6. The second-order valence-corrected chi connectivity index (χ2v) is 8.62. The van der Waals surface area contributed by atoms with Gasteiger partial charge in [-0.3, -0.25) is 4.79 Å². The highest BCUT2D eigenvalue weighted by Gasteiger charge is 2.41. The average Bonchev–Trinajstić information content (AvgIpc) is 3.08. The Bertz CT molecular complexity index is 1070. The Morgan fingerprint density at radius 3 is 2.44 bits per heavy atom. The van der Waals surface area contributed by atoms with Gasteiger partial charge in [0.05, 0.1) is 22.7 Å². The molecule has 2 aromatic carbocycles. The Morgan fingerprint density at radius 1 is 1.04 bits per heavy atom. The number of hydrogen-bond donors (Lipinski definition) is 0. The molecule has 1 amide bonds. The topological polar surface area (TPSA) is 67.3 Å². The van der Waals surface area contributed by atoms with E-state index in [9.17, 15) is 13.2 Å². The van der Waals surface area contributed by atoms with E-state index in [0.29, 0.717) is 5.01 Å². The maximum absolute atomic E-state index is 12.6. The fraction of sp³-hybridized carbons (Fsp3) is 0.111. The lowest BCUT2D eigenvalue weighted by Crippen LogP contribution is -2.29. The van der Waals surface area contributed by atoms with Crippen molar-refractivity contribution in [3.05, 3.63) is 70.9 Å². The van der Waals surface area contributed by atoms with E-state index < -0.39 is 15.9 Å². The summed E-state index contributed by atoms with van der Waals surface area (Å²) in [6, 6.07) is 16.1. The van der Waals surface area contributed by atoms with Crippen molar-refractivity contribution in [1.29, 1.82) is 0 Å². The highest BCUT2D eigenvalue weighted by molar-refractivity contribution is 7.90. The molecule has 0 fully saturated rings. The molecule has 1 aliphatic heterocycles. The largest absolute Gasteiger partial charge is 0.269 e. The quantitative estimate of drug-likeness (QED) is 0.708. The van der Waals surface area contributed by atoms with Crippen LogP contribution in [-0.2, 0) is 16.6 Å². The fourth-order valence-electron chi connectivity index (χ4n) is 2.89. The van der Waals surface area contributed by atoms with Crippen molar-refractivity contribution >= 4 is 27.3 Å². The van der Waals surface area contributed by atoms with Crippen LogP contribution >= 0.6 is 11.3 Å². The molecule has 0 N–H and O–H groups in total. The van der Waals surface area contributed by atoms with Gasteiger partial charge >= 0.3 is 0 Å². The van der Waals surface area contributed by atoms with Crippen molar-refractivity contribution in [2.75, 3.05) is 0 Å². The van der Waals surface area contributed by atoms with Crippen LogP contribution in [0.4, 0.5) is 0 Å². The summed E-state index contributed by atoms with van der Waals surface area (Å²) in [7, 11) is -3.81. The van der Waals surface area contributed by atoms with Crippen LogP contribution in [0.5, 0.6) is 0 Å². The number of thiazole rings is 1. The molecule has 0 aliphatic carbocycles. The number of sulfonamides is 1. The zero-order valence-electron chi connectivity index (χ0n) is 13.3. The normalized spacial score (nSPS) is 15.4. The van der Waals surface area contributed by atoms with Crippen LogP contribution in [0.2, 0.25) is 0 Å². The van der Waals surface area contributed by atoms with Crippen molar-refractivity contribution in [2.45, 2.75) is 18.4 Å². The molecule has 0 atom stereocenters. The lowest BCUT2D eigenvalue weighted by molar-refractivity contribution is 0.0865. The van der Waals surface area contributed by atoms with Crippen LogP contribution in [0, 0.1) is 6.92 Å². The van der Waals surface area contributed by atoms with Crippen molar-refractivity contribution in [2.24, 2.45) is 0 Å². The lowest BCUT2D eigenvalue weighted by Gasteiger charge is -2.12. The third kappa shape index (κ3) is 2.56. The molecule has 2 heterocycles. The predicted molar refractivity (Wildman–Crippen MR) is 95.8 cm³/mol. The Balaban J connectivity index is 1.70. The first-order valence-corrected chi connectivity index (χ1v) is 9.92. The first-order chi connectivity index (χ1) is 12.0. The van der Waals surface area contributed by atoms with E-state index in [-0.39, 0.29) is 17.0 Å². The van der Waals surface area contributed by atoms with Crippen LogP contribution in [0.25, 0.3) is 10.4 Å². The zero-order valence-corrected chi connectivity index (χ0v) is 15.0. The van der Waals surface area contributed by atoms with Crippen molar-refractivity contribution in [3.8, 4) is 10.4 Å². The molecule has 7 heteroatoms. The third-order valence-corrected chi connectivity index (χ3v) is 7.05. The molecule has 1 aromatic heterocycles. The van der Waals surface area contributed by atoms with E-state index in [2.05, 4.69) is 4.98 Å². The van der Waals surface area contributed by atoms with Gasteiger partial charge in [-0.15, -0.1) is 11.3 Å². The van der Waals surface area contributed by atoms with Crippen LogP contribution in [0.3, 0.4) is 0 Å². The average molecular weight is 370 g/mol. The van der Waals surface area contributed by atoms with E-state index in [0.717, 1.165) is 20.4 Å². The Morgan fingerprint density at radius 2 is 1.72 bits per heavy atom. The van der Waals surface area contributed by atoms with Crippen LogP contribution in [0.1, 0.15) is 21.1 Å². The molecule has 126 valence electrons. The fourth-order valence-corrected chi connectivity index (χ4v) is 5.56. The second-order valence-electron chi connectivity index (χ2n) is 5.70. The van der Waals surface area contributed by atoms with E-state index in [1.54, 1.807) is 12.1 Å². The molecule has 25 heavy (non-hydrogen) atoms. The number of carbonyl (C=O) groups is 1. The summed E-state index contributed by atoms with van der Waals surface area (Å²) in [6.07, 6.45) is 0. The van der Waals surface area contributed by atoms with Gasteiger partial charge in [0, 0.05) is 0 Å². The first-order valence-electron chi connectivity index (χ1n) is 7.66. The Labute approximate surface area is 149 Å². The molecule has 4 rings (SSSR count). The first kappa shape index (κ1) is 16.0. The van der Waals surface area contributed by atoms with Gasteiger partial charge in [0.2, 0.25) is 0 Å². The highest BCUT2D eigenvalue weighted by atomic mass is 32.2. The number of amides is 1. The number of rotatable bonds is 3. The van der Waals surface area contributed by atoms with E-state index in [1.165, 1.54) is 23.5 Å². The van der Waals surface area contributed by atoms with Gasteiger partial charge in [-0.1, -0.05) is 42.5 Å². The monoisotopic (exact) mass is 370 g/mol. The number of fused-ring (bicyclic) bond motifs is 1. The van der Waals surface area contributed by atoms with E-state index in [1.807, 2.05) is 37.3 Å². The van der Waals surface area contributed by atoms with Gasteiger partial charge < -0.3 is 0 Å². The Hall–Kier alpha value is -2.51. The molecule has 3 aromatic rings. The third-order valence-electron chi connectivity index (χ3n) is 4.07. The van der Waals surface area contributed by atoms with Crippen LogP contribution in [0.15, 0.2) is 59.5 Å². The minimum absolute atomic E-state index is 0.0474. The summed E-state index contributed by atoms with van der Waals surface area (Å²) >= 11 is 1.41. The molecule has 0 unspecified atom stereocenters. The van der Waals surface area contributed by atoms with E-state index >= 15 is 0 Å².